The molecule has 0 amide bonds. The quantitative estimate of drug-likeness (QED) is 0.511. The monoisotopic (exact) mass is 466 g/mol. The van der Waals surface area contributed by atoms with Gasteiger partial charge in [-0.1, -0.05) is 19.9 Å². The smallest absolute Gasteiger partial charge is 0.393 e. The van der Waals surface area contributed by atoms with Crippen LogP contribution in [0.3, 0.4) is 0 Å². The summed E-state index contributed by atoms with van der Waals surface area (Å²) in [7, 11) is 0. The lowest BCUT2D eigenvalue weighted by molar-refractivity contribution is -0.141. The van der Waals surface area contributed by atoms with Gasteiger partial charge in [0.05, 0.1) is 23.0 Å². The zero-order valence-electron chi connectivity index (χ0n) is 18.6. The van der Waals surface area contributed by atoms with Gasteiger partial charge in [-0.3, -0.25) is 4.79 Å². The number of aromatic nitrogens is 2. The van der Waals surface area contributed by atoms with Crippen molar-refractivity contribution in [2.24, 2.45) is 11.1 Å². The predicted molar refractivity (Wildman–Crippen MR) is 116 cm³/mol. The maximum absolute atomic E-state index is 13.8. The minimum atomic E-state index is -4.76. The van der Waals surface area contributed by atoms with Crippen molar-refractivity contribution in [1.29, 1.82) is 0 Å². The molecule has 0 aliphatic heterocycles. The van der Waals surface area contributed by atoms with Gasteiger partial charge in [-0.05, 0) is 49.7 Å². The number of hydrogen-bond donors (Lipinski definition) is 4. The molecule has 0 bridgehead atoms. The topological polar surface area (TPSA) is 113 Å². The maximum atomic E-state index is 13.8. The molecule has 1 heterocycles. The number of nitrogens with one attached hydrogen (secondary N) is 1. The fourth-order valence-electron chi connectivity index (χ4n) is 4.86. The van der Waals surface area contributed by atoms with Crippen molar-refractivity contribution < 1.29 is 28.2 Å². The number of ketones is 1. The third-order valence-corrected chi connectivity index (χ3v) is 6.47. The number of fused-ring (bicyclic) bond motifs is 1. The van der Waals surface area contributed by atoms with Gasteiger partial charge in [0.1, 0.15) is 6.23 Å². The number of nitrogens with zero attached hydrogens (tertiary/aromatic N) is 2. The highest BCUT2D eigenvalue weighted by Gasteiger charge is 2.45. The van der Waals surface area contributed by atoms with Crippen LogP contribution in [0.2, 0.25) is 0 Å². The molecule has 7 nitrogen and oxygen atoms in total. The highest BCUT2D eigenvalue weighted by Crippen LogP contribution is 2.42. The molecular weight excluding hydrogens is 437 g/mol. The largest absolute Gasteiger partial charge is 0.435 e. The van der Waals surface area contributed by atoms with Crippen LogP contribution in [0.15, 0.2) is 18.2 Å². The molecule has 1 unspecified atom stereocenters. The van der Waals surface area contributed by atoms with Crippen molar-refractivity contribution in [3.05, 3.63) is 40.7 Å². The molecule has 1 fully saturated rings. The van der Waals surface area contributed by atoms with Crippen molar-refractivity contribution in [3.63, 3.8) is 0 Å². The van der Waals surface area contributed by atoms with E-state index in [1.54, 1.807) is 18.2 Å². The minimum Gasteiger partial charge on any atom is -0.393 e. The zero-order chi connectivity index (χ0) is 24.1. The van der Waals surface area contributed by atoms with Crippen LogP contribution in [0.25, 0.3) is 5.69 Å². The van der Waals surface area contributed by atoms with E-state index in [4.69, 9.17) is 5.73 Å². The van der Waals surface area contributed by atoms with E-state index < -0.39 is 29.3 Å². The van der Waals surface area contributed by atoms with Crippen LogP contribution >= 0.6 is 0 Å². The van der Waals surface area contributed by atoms with Crippen molar-refractivity contribution in [2.45, 2.75) is 76.9 Å². The molecule has 1 saturated carbocycles. The number of benzene rings is 1. The average molecular weight is 467 g/mol. The number of Topliss-reactive ketones (excluding diaryl/α,β-unsaturated/α-hetero) is 1. The molecule has 180 valence electrons. The first kappa shape index (κ1) is 23.7. The van der Waals surface area contributed by atoms with Gasteiger partial charge >= 0.3 is 6.18 Å². The lowest BCUT2D eigenvalue weighted by Crippen LogP contribution is -2.29. The Hall–Kier alpha value is -2.43. The number of hydrogen-bond acceptors (Lipinski definition) is 6. The third kappa shape index (κ3) is 4.78. The molecule has 2 aliphatic carbocycles. The molecule has 1 aromatic carbocycles. The van der Waals surface area contributed by atoms with E-state index in [1.807, 2.05) is 13.8 Å². The lowest BCUT2D eigenvalue weighted by Gasteiger charge is -2.30. The molecule has 10 heteroatoms. The molecule has 0 saturated heterocycles. The van der Waals surface area contributed by atoms with E-state index in [1.165, 1.54) is 4.68 Å². The van der Waals surface area contributed by atoms with Crippen LogP contribution in [-0.4, -0.2) is 37.9 Å². The summed E-state index contributed by atoms with van der Waals surface area (Å²) in [5.41, 5.74) is 5.15. The van der Waals surface area contributed by atoms with Gasteiger partial charge in [0.25, 0.3) is 0 Å². The second kappa shape index (κ2) is 8.41. The SMILES string of the molecule is CC1(C)CC(=O)c2c(C(F)(F)F)nn(-c3ccc(C(N)O)c(NC4CCC(O)CC4)c3)c2C1. The number of alkyl halides is 3. The summed E-state index contributed by atoms with van der Waals surface area (Å²) in [6, 6.07) is 4.73. The Labute approximate surface area is 189 Å². The number of halogens is 3. The van der Waals surface area contributed by atoms with Gasteiger partial charge in [-0.25, -0.2) is 4.68 Å². The lowest BCUT2D eigenvalue weighted by atomic mass is 9.75. The number of nitrogens with two attached hydrogens (primary N) is 1. The summed E-state index contributed by atoms with van der Waals surface area (Å²) in [5, 5.41) is 26.9. The summed E-state index contributed by atoms with van der Waals surface area (Å²) >= 11 is 0. The Bertz CT molecular complexity index is 1050. The fourth-order valence-corrected chi connectivity index (χ4v) is 4.86. The number of anilines is 1. The van der Waals surface area contributed by atoms with E-state index in [-0.39, 0.29) is 36.2 Å². The highest BCUT2D eigenvalue weighted by atomic mass is 19.4. The average Bonchev–Trinajstić information content (AvgIpc) is 3.08. The van der Waals surface area contributed by atoms with E-state index >= 15 is 0 Å². The van der Waals surface area contributed by atoms with Gasteiger partial charge in [0.15, 0.2) is 11.5 Å². The predicted octanol–water partition coefficient (Wildman–Crippen LogP) is 3.71. The van der Waals surface area contributed by atoms with E-state index in [0.717, 1.165) is 0 Å². The molecule has 1 atom stereocenters. The fraction of sp³-hybridized carbons (Fsp3) is 0.565. The molecule has 2 aliphatic rings. The van der Waals surface area contributed by atoms with Crippen LogP contribution in [-0.2, 0) is 12.6 Å². The van der Waals surface area contributed by atoms with Crippen molar-refractivity contribution in [1.82, 2.24) is 9.78 Å². The number of carbonyl (C=O) groups excluding carboxylic acids is 1. The first-order chi connectivity index (χ1) is 15.4. The van der Waals surface area contributed by atoms with Gasteiger partial charge in [-0.2, -0.15) is 18.3 Å². The van der Waals surface area contributed by atoms with Crippen LogP contribution in [0.1, 0.15) is 79.5 Å². The molecule has 2 aromatic rings. The van der Waals surface area contributed by atoms with E-state index in [0.29, 0.717) is 42.6 Å². The second-order valence-electron chi connectivity index (χ2n) is 9.89. The number of aliphatic hydroxyl groups excluding tert-OH is 2. The number of rotatable bonds is 4. The number of carbonyl (C=O) groups is 1. The summed E-state index contributed by atoms with van der Waals surface area (Å²) in [6.45, 7) is 3.69. The van der Waals surface area contributed by atoms with E-state index in [9.17, 15) is 28.2 Å². The van der Waals surface area contributed by atoms with Crippen molar-refractivity contribution in [3.8, 4) is 5.69 Å². The normalized spacial score (nSPS) is 23.8. The standard InChI is InChI=1S/C23H29F3N4O3/c1-22(2)10-17-19(18(32)11-22)20(23(24,25)26)29-30(17)13-5-8-15(21(27)33)16(9-13)28-12-3-6-14(31)7-4-12/h5,8-9,12,14,21,28,31,33H,3-4,6-7,10-11,27H2,1-2H3. The first-order valence-electron chi connectivity index (χ1n) is 11.1. The van der Waals surface area contributed by atoms with Crippen LogP contribution in [0.5, 0.6) is 0 Å². The van der Waals surface area contributed by atoms with Crippen molar-refractivity contribution in [2.75, 3.05) is 5.32 Å². The summed E-state index contributed by atoms with van der Waals surface area (Å²) < 4.78 is 42.4. The second-order valence-corrected chi connectivity index (χ2v) is 9.89. The Kier molecular flexibility index (Phi) is 6.05. The van der Waals surface area contributed by atoms with Gasteiger partial charge in [0.2, 0.25) is 0 Å². The molecule has 1 aromatic heterocycles. The Morgan fingerprint density at radius 1 is 1.21 bits per heavy atom. The Morgan fingerprint density at radius 2 is 1.88 bits per heavy atom. The minimum absolute atomic E-state index is 0.0212. The van der Waals surface area contributed by atoms with Crippen LogP contribution < -0.4 is 11.1 Å². The van der Waals surface area contributed by atoms with Gasteiger partial charge < -0.3 is 21.3 Å². The number of aliphatic hydroxyl groups is 2. The molecular formula is C23H29F3N4O3. The molecule has 33 heavy (non-hydrogen) atoms. The summed E-state index contributed by atoms with van der Waals surface area (Å²) in [4.78, 5) is 12.7. The molecule has 0 radical (unpaired) electrons. The maximum Gasteiger partial charge on any atom is 0.435 e. The van der Waals surface area contributed by atoms with E-state index in [2.05, 4.69) is 10.4 Å². The molecule has 0 spiro atoms. The van der Waals surface area contributed by atoms with Gasteiger partial charge in [0, 0.05) is 23.7 Å². The van der Waals surface area contributed by atoms with Crippen LogP contribution in [0.4, 0.5) is 18.9 Å². The summed E-state index contributed by atoms with van der Waals surface area (Å²) in [6.07, 6.45) is -3.40. The van der Waals surface area contributed by atoms with Crippen LogP contribution in [0, 0.1) is 5.41 Å². The van der Waals surface area contributed by atoms with Crippen molar-refractivity contribution >= 4 is 11.5 Å². The first-order valence-corrected chi connectivity index (χ1v) is 11.1. The molecule has 4 rings (SSSR count). The molecule has 5 N–H and O–H groups in total. The third-order valence-electron chi connectivity index (χ3n) is 6.47. The Morgan fingerprint density at radius 3 is 2.48 bits per heavy atom. The van der Waals surface area contributed by atoms with Gasteiger partial charge in [-0.15, -0.1) is 0 Å². The summed E-state index contributed by atoms with van der Waals surface area (Å²) in [5.74, 6) is -0.562. The Balaban J connectivity index is 1.80. The zero-order valence-corrected chi connectivity index (χ0v) is 18.6. The highest BCUT2D eigenvalue weighted by molar-refractivity contribution is 6.00.